The lowest BCUT2D eigenvalue weighted by molar-refractivity contribution is 0.438. The van der Waals surface area contributed by atoms with Crippen LogP contribution in [0.4, 0.5) is 0 Å². The van der Waals surface area contributed by atoms with Gasteiger partial charge in [0.25, 0.3) is 0 Å². The minimum atomic E-state index is 0.0434. The molecule has 1 aliphatic carbocycles. The molecule has 0 radical (unpaired) electrons. The van der Waals surface area contributed by atoms with Crippen molar-refractivity contribution in [2.24, 2.45) is 17.8 Å². The summed E-state index contributed by atoms with van der Waals surface area (Å²) < 4.78 is 2.19. The fraction of sp³-hybridized carbons (Fsp3) is 0.324. The van der Waals surface area contributed by atoms with Gasteiger partial charge in [0.15, 0.2) is 11.6 Å². The molecule has 4 heteroatoms. The lowest BCUT2D eigenvalue weighted by Gasteiger charge is -2.26. The second-order valence-corrected chi connectivity index (χ2v) is 11.3. The van der Waals surface area contributed by atoms with Gasteiger partial charge in [-0.15, -0.1) is 10.2 Å². The van der Waals surface area contributed by atoms with Crippen LogP contribution in [0.2, 0.25) is 0 Å². The smallest absolute Gasteiger partial charge is 0.169 e. The molecule has 1 unspecified atom stereocenters. The molecule has 0 amide bonds. The number of benzene rings is 3. The number of nitriles is 1. The summed E-state index contributed by atoms with van der Waals surface area (Å²) in [6.07, 6.45) is 2.46. The molecular formula is C34H36N4. The maximum atomic E-state index is 9.50. The zero-order valence-electron chi connectivity index (χ0n) is 23.4. The summed E-state index contributed by atoms with van der Waals surface area (Å²) in [5.74, 6) is 3.14. The molecule has 0 bridgehead atoms. The van der Waals surface area contributed by atoms with E-state index in [0.717, 1.165) is 39.6 Å². The molecule has 4 aromatic rings. The summed E-state index contributed by atoms with van der Waals surface area (Å²) in [5, 5.41) is 19.2. The van der Waals surface area contributed by atoms with Crippen molar-refractivity contribution < 1.29 is 0 Å². The molecule has 1 heterocycles. The van der Waals surface area contributed by atoms with Gasteiger partial charge in [0.05, 0.1) is 11.6 Å². The first kappa shape index (κ1) is 25.7. The molecule has 0 N–H and O–H groups in total. The molecule has 1 fully saturated rings. The largest absolute Gasteiger partial charge is 0.275 e. The van der Waals surface area contributed by atoms with Crippen molar-refractivity contribution in [2.45, 2.75) is 53.9 Å². The van der Waals surface area contributed by atoms with Gasteiger partial charge in [0.1, 0.15) is 0 Å². The van der Waals surface area contributed by atoms with E-state index in [1.54, 1.807) is 0 Å². The van der Waals surface area contributed by atoms with Gasteiger partial charge in [-0.1, -0.05) is 74.9 Å². The van der Waals surface area contributed by atoms with Crippen molar-refractivity contribution in [1.82, 2.24) is 14.8 Å². The topological polar surface area (TPSA) is 54.5 Å². The lowest BCUT2D eigenvalue weighted by atomic mass is 9.78. The highest BCUT2D eigenvalue weighted by Crippen LogP contribution is 2.66. The Morgan fingerprint density at radius 3 is 2.16 bits per heavy atom. The Labute approximate surface area is 226 Å². The van der Waals surface area contributed by atoms with E-state index in [9.17, 15) is 5.26 Å². The molecule has 38 heavy (non-hydrogen) atoms. The van der Waals surface area contributed by atoms with Crippen molar-refractivity contribution in [3.8, 4) is 34.5 Å². The third kappa shape index (κ3) is 3.98. The Morgan fingerprint density at radius 2 is 1.55 bits per heavy atom. The second-order valence-electron chi connectivity index (χ2n) is 11.3. The molecular weight excluding hydrogens is 464 g/mol. The number of allylic oxidation sites excluding steroid dienone is 2. The average Bonchev–Trinajstić information content (AvgIpc) is 3.25. The SMILES string of the molecule is CC(C)=C[C@H]1[C@@H](C)C1(c1ccccc1-c1nnc(-c2c(C)cc(C#N)cc2C)n1-c1ccccc1)C(C)C. The van der Waals surface area contributed by atoms with E-state index in [1.807, 2.05) is 32.0 Å². The first-order valence-corrected chi connectivity index (χ1v) is 13.5. The molecule has 5 rings (SSSR count). The van der Waals surface area contributed by atoms with Gasteiger partial charge in [0, 0.05) is 22.2 Å². The molecule has 0 spiro atoms. The summed E-state index contributed by atoms with van der Waals surface area (Å²) in [5.41, 5.74) is 8.61. The quantitative estimate of drug-likeness (QED) is 0.251. The Morgan fingerprint density at radius 1 is 0.947 bits per heavy atom. The zero-order chi connectivity index (χ0) is 27.2. The summed E-state index contributed by atoms with van der Waals surface area (Å²) in [7, 11) is 0. The zero-order valence-corrected chi connectivity index (χ0v) is 23.4. The Hall–Kier alpha value is -3.97. The molecule has 1 aliphatic rings. The fourth-order valence-electron chi connectivity index (χ4n) is 6.79. The summed E-state index contributed by atoms with van der Waals surface area (Å²) in [6.45, 7) is 15.6. The van der Waals surface area contributed by atoms with E-state index in [1.165, 1.54) is 11.1 Å². The molecule has 192 valence electrons. The van der Waals surface area contributed by atoms with E-state index < -0.39 is 0 Å². The second kappa shape index (κ2) is 9.72. The Bertz CT molecular complexity index is 1540. The minimum absolute atomic E-state index is 0.0434. The van der Waals surface area contributed by atoms with Gasteiger partial charge in [0.2, 0.25) is 0 Å². The van der Waals surface area contributed by atoms with Crippen LogP contribution in [0.3, 0.4) is 0 Å². The molecule has 0 saturated heterocycles. The van der Waals surface area contributed by atoms with Crippen molar-refractivity contribution in [2.75, 3.05) is 0 Å². The standard InChI is InChI=1S/C34H36N4/c1-21(2)17-30-25(7)34(30,22(3)4)29-16-12-11-15-28(29)32-36-37-33(38(32)27-13-9-8-10-14-27)31-23(5)18-26(20-35)19-24(31)6/h8-19,22,25,30H,1-7H3/t25-,30+,34?/m1/s1. The monoisotopic (exact) mass is 500 g/mol. The first-order valence-electron chi connectivity index (χ1n) is 13.5. The molecule has 3 aromatic carbocycles. The van der Waals surface area contributed by atoms with E-state index in [4.69, 9.17) is 10.2 Å². The van der Waals surface area contributed by atoms with Crippen LogP contribution in [-0.4, -0.2) is 14.8 Å². The molecule has 0 aliphatic heterocycles. The fourth-order valence-corrected chi connectivity index (χ4v) is 6.79. The van der Waals surface area contributed by atoms with Gasteiger partial charge >= 0.3 is 0 Å². The van der Waals surface area contributed by atoms with Crippen molar-refractivity contribution >= 4 is 0 Å². The minimum Gasteiger partial charge on any atom is -0.275 e. The van der Waals surface area contributed by atoms with Gasteiger partial charge in [-0.05, 0) is 86.4 Å². The van der Waals surface area contributed by atoms with E-state index in [-0.39, 0.29) is 5.41 Å². The molecule has 3 atom stereocenters. The highest BCUT2D eigenvalue weighted by Gasteiger charge is 2.63. The van der Waals surface area contributed by atoms with Crippen LogP contribution >= 0.6 is 0 Å². The van der Waals surface area contributed by atoms with Crippen LogP contribution in [0.25, 0.3) is 28.5 Å². The summed E-state index contributed by atoms with van der Waals surface area (Å²) >= 11 is 0. The Balaban J connectivity index is 1.79. The van der Waals surface area contributed by atoms with Crippen LogP contribution < -0.4 is 0 Å². The average molecular weight is 501 g/mol. The normalized spacial score (nSPS) is 20.3. The van der Waals surface area contributed by atoms with Crippen LogP contribution in [0, 0.1) is 42.9 Å². The number of hydrogen-bond acceptors (Lipinski definition) is 3. The van der Waals surface area contributed by atoms with Gasteiger partial charge < -0.3 is 0 Å². The highest BCUT2D eigenvalue weighted by atomic mass is 15.3. The summed E-state index contributed by atoms with van der Waals surface area (Å²) in [4.78, 5) is 0. The third-order valence-corrected chi connectivity index (χ3v) is 8.40. The van der Waals surface area contributed by atoms with Gasteiger partial charge in [-0.3, -0.25) is 4.57 Å². The number of hydrogen-bond donors (Lipinski definition) is 0. The van der Waals surface area contributed by atoms with Crippen LogP contribution in [0.1, 0.15) is 56.9 Å². The van der Waals surface area contributed by atoms with E-state index in [0.29, 0.717) is 23.3 Å². The van der Waals surface area contributed by atoms with Crippen LogP contribution in [0.5, 0.6) is 0 Å². The van der Waals surface area contributed by atoms with Crippen molar-refractivity contribution in [3.05, 3.63) is 101 Å². The number of aryl methyl sites for hydroxylation is 2. The van der Waals surface area contributed by atoms with E-state index in [2.05, 4.69) is 99.9 Å². The predicted octanol–water partition coefficient (Wildman–Crippen LogP) is 8.22. The molecule has 4 nitrogen and oxygen atoms in total. The lowest BCUT2D eigenvalue weighted by Crippen LogP contribution is -2.21. The maximum Gasteiger partial charge on any atom is 0.169 e. The molecule has 1 aromatic heterocycles. The summed E-state index contributed by atoms with van der Waals surface area (Å²) in [6, 6.07) is 25.3. The van der Waals surface area contributed by atoms with Crippen LogP contribution in [0.15, 0.2) is 78.4 Å². The maximum absolute atomic E-state index is 9.50. The number of rotatable bonds is 6. The first-order chi connectivity index (χ1) is 18.2. The number of para-hydroxylation sites is 1. The van der Waals surface area contributed by atoms with Crippen molar-refractivity contribution in [1.29, 1.82) is 5.26 Å². The van der Waals surface area contributed by atoms with Gasteiger partial charge in [-0.25, -0.2) is 0 Å². The molecule has 1 saturated carbocycles. The Kier molecular flexibility index (Phi) is 6.57. The highest BCUT2D eigenvalue weighted by molar-refractivity contribution is 5.74. The van der Waals surface area contributed by atoms with E-state index >= 15 is 0 Å². The van der Waals surface area contributed by atoms with Crippen LogP contribution in [-0.2, 0) is 5.41 Å². The third-order valence-electron chi connectivity index (χ3n) is 8.40. The predicted molar refractivity (Wildman–Crippen MR) is 155 cm³/mol. The number of aromatic nitrogens is 3. The number of nitrogens with zero attached hydrogens (tertiary/aromatic N) is 4. The van der Waals surface area contributed by atoms with Gasteiger partial charge in [-0.2, -0.15) is 5.26 Å². The van der Waals surface area contributed by atoms with Crippen molar-refractivity contribution in [3.63, 3.8) is 0 Å².